The molecule has 0 saturated carbocycles. The zero-order valence-corrected chi connectivity index (χ0v) is 11.9. The Balaban J connectivity index is 1.83. The van der Waals surface area contributed by atoms with Gasteiger partial charge in [-0.1, -0.05) is 11.8 Å². The summed E-state index contributed by atoms with van der Waals surface area (Å²) in [5.74, 6) is 1.49. The smallest absolute Gasteiger partial charge is 0.233 e. The molecule has 0 spiro atoms. The van der Waals surface area contributed by atoms with Crippen molar-refractivity contribution in [2.45, 2.75) is 12.1 Å². The van der Waals surface area contributed by atoms with Crippen LogP contribution < -0.4 is 0 Å². The molecule has 1 fully saturated rings. The fourth-order valence-corrected chi connectivity index (χ4v) is 2.65. The van der Waals surface area contributed by atoms with Crippen molar-refractivity contribution in [1.29, 1.82) is 0 Å². The average molecular weight is 269 g/mol. The van der Waals surface area contributed by atoms with Crippen LogP contribution in [-0.2, 0) is 11.8 Å². The zero-order valence-electron chi connectivity index (χ0n) is 11.1. The van der Waals surface area contributed by atoms with Crippen LogP contribution in [0.2, 0.25) is 0 Å². The lowest BCUT2D eigenvalue weighted by molar-refractivity contribution is -0.129. The lowest BCUT2D eigenvalue weighted by Crippen LogP contribution is -2.47. The van der Waals surface area contributed by atoms with Crippen molar-refractivity contribution < 1.29 is 4.79 Å². The predicted molar refractivity (Wildman–Crippen MR) is 70.5 cm³/mol. The number of hydrogen-bond acceptors (Lipinski definition) is 5. The highest BCUT2D eigenvalue weighted by Gasteiger charge is 2.19. The molecule has 1 aromatic heterocycles. The number of aromatic nitrogens is 3. The molecule has 6 nitrogen and oxygen atoms in total. The van der Waals surface area contributed by atoms with E-state index in [1.807, 2.05) is 23.4 Å². The molecule has 1 aliphatic rings. The highest BCUT2D eigenvalue weighted by atomic mass is 32.2. The molecule has 0 atom stereocenters. The number of hydrogen-bond donors (Lipinski definition) is 0. The van der Waals surface area contributed by atoms with E-state index in [1.54, 1.807) is 0 Å². The van der Waals surface area contributed by atoms with E-state index in [4.69, 9.17) is 0 Å². The number of rotatable bonds is 3. The minimum absolute atomic E-state index is 0.189. The maximum atomic E-state index is 12.0. The van der Waals surface area contributed by atoms with E-state index in [1.165, 1.54) is 11.8 Å². The normalized spacial score (nSPS) is 17.2. The summed E-state index contributed by atoms with van der Waals surface area (Å²) in [6, 6.07) is 0. The maximum Gasteiger partial charge on any atom is 0.233 e. The first kappa shape index (κ1) is 13.4. The van der Waals surface area contributed by atoms with Crippen LogP contribution in [0.5, 0.6) is 0 Å². The Morgan fingerprint density at radius 2 is 1.89 bits per heavy atom. The Kier molecular flexibility index (Phi) is 4.23. The van der Waals surface area contributed by atoms with E-state index in [-0.39, 0.29) is 5.91 Å². The maximum absolute atomic E-state index is 12.0. The summed E-state index contributed by atoms with van der Waals surface area (Å²) in [5.41, 5.74) is 0. The molecule has 7 heteroatoms. The number of piperazine rings is 1. The van der Waals surface area contributed by atoms with Gasteiger partial charge in [-0.15, -0.1) is 10.2 Å². The van der Waals surface area contributed by atoms with Gasteiger partial charge in [0, 0.05) is 33.2 Å². The number of carbonyl (C=O) groups is 1. The monoisotopic (exact) mass is 269 g/mol. The third-order valence-electron chi connectivity index (χ3n) is 3.23. The first-order valence-corrected chi connectivity index (χ1v) is 7.01. The van der Waals surface area contributed by atoms with E-state index >= 15 is 0 Å². The Hall–Kier alpha value is -1.08. The topological polar surface area (TPSA) is 54.3 Å². The summed E-state index contributed by atoms with van der Waals surface area (Å²) in [7, 11) is 4.00. The highest BCUT2D eigenvalue weighted by molar-refractivity contribution is 7.99. The van der Waals surface area contributed by atoms with Crippen molar-refractivity contribution in [2.75, 3.05) is 39.0 Å². The molecule has 1 amide bonds. The molecule has 100 valence electrons. The molecule has 0 bridgehead atoms. The molecular weight excluding hydrogens is 250 g/mol. The van der Waals surface area contributed by atoms with Gasteiger partial charge < -0.3 is 14.4 Å². The predicted octanol–water partition coefficient (Wildman–Crippen LogP) is -0.0104. The number of amides is 1. The zero-order chi connectivity index (χ0) is 13.1. The second-order valence-electron chi connectivity index (χ2n) is 4.56. The van der Waals surface area contributed by atoms with Crippen LogP contribution >= 0.6 is 11.8 Å². The van der Waals surface area contributed by atoms with Crippen LogP contribution in [-0.4, -0.2) is 69.5 Å². The molecule has 0 radical (unpaired) electrons. The first-order chi connectivity index (χ1) is 8.58. The molecular formula is C11H19N5OS. The minimum Gasteiger partial charge on any atom is -0.339 e. The molecule has 2 rings (SSSR count). The summed E-state index contributed by atoms with van der Waals surface area (Å²) in [5, 5.41) is 8.82. The second-order valence-corrected chi connectivity index (χ2v) is 5.50. The van der Waals surface area contributed by atoms with Gasteiger partial charge in [0.05, 0.1) is 5.75 Å². The Morgan fingerprint density at radius 1 is 1.22 bits per heavy atom. The lowest BCUT2D eigenvalue weighted by atomic mass is 10.3. The molecule has 1 aliphatic heterocycles. The van der Waals surface area contributed by atoms with Crippen LogP contribution in [0.4, 0.5) is 0 Å². The highest BCUT2D eigenvalue weighted by Crippen LogP contribution is 2.16. The third kappa shape index (κ3) is 3.02. The molecule has 1 aromatic rings. The van der Waals surface area contributed by atoms with E-state index in [0.717, 1.165) is 37.2 Å². The van der Waals surface area contributed by atoms with Gasteiger partial charge in [0.15, 0.2) is 5.16 Å². The van der Waals surface area contributed by atoms with Gasteiger partial charge in [-0.2, -0.15) is 0 Å². The van der Waals surface area contributed by atoms with Crippen molar-refractivity contribution in [3.05, 3.63) is 5.82 Å². The quantitative estimate of drug-likeness (QED) is 0.722. The Morgan fingerprint density at radius 3 is 2.44 bits per heavy atom. The third-order valence-corrected chi connectivity index (χ3v) is 4.24. The van der Waals surface area contributed by atoms with Gasteiger partial charge >= 0.3 is 0 Å². The van der Waals surface area contributed by atoms with E-state index in [2.05, 4.69) is 22.1 Å². The van der Waals surface area contributed by atoms with Crippen LogP contribution in [0.15, 0.2) is 5.16 Å². The van der Waals surface area contributed by atoms with Crippen LogP contribution in [0, 0.1) is 6.92 Å². The van der Waals surface area contributed by atoms with Gasteiger partial charge in [0.2, 0.25) is 5.91 Å². The molecule has 2 heterocycles. The number of aryl methyl sites for hydroxylation is 1. The Labute approximate surface area is 111 Å². The molecule has 1 saturated heterocycles. The van der Waals surface area contributed by atoms with E-state index in [9.17, 15) is 4.79 Å². The van der Waals surface area contributed by atoms with Crippen molar-refractivity contribution in [1.82, 2.24) is 24.6 Å². The summed E-state index contributed by atoms with van der Waals surface area (Å²) in [4.78, 5) is 16.2. The van der Waals surface area contributed by atoms with Gasteiger partial charge in [-0.3, -0.25) is 4.79 Å². The molecule has 18 heavy (non-hydrogen) atoms. The van der Waals surface area contributed by atoms with Crippen molar-refractivity contribution in [2.24, 2.45) is 7.05 Å². The van der Waals surface area contributed by atoms with E-state index < -0.39 is 0 Å². The minimum atomic E-state index is 0.189. The van der Waals surface area contributed by atoms with E-state index in [0.29, 0.717) is 5.75 Å². The first-order valence-electron chi connectivity index (χ1n) is 6.03. The average Bonchev–Trinajstić information content (AvgIpc) is 2.68. The van der Waals surface area contributed by atoms with Crippen molar-refractivity contribution in [3.63, 3.8) is 0 Å². The van der Waals surface area contributed by atoms with Crippen molar-refractivity contribution in [3.8, 4) is 0 Å². The summed E-state index contributed by atoms with van der Waals surface area (Å²) >= 11 is 1.45. The second kappa shape index (κ2) is 5.71. The number of thioether (sulfide) groups is 1. The summed E-state index contributed by atoms with van der Waals surface area (Å²) in [6.07, 6.45) is 0. The van der Waals surface area contributed by atoms with Crippen molar-refractivity contribution >= 4 is 17.7 Å². The number of nitrogens with zero attached hydrogens (tertiary/aromatic N) is 5. The number of carbonyl (C=O) groups excluding carboxylic acids is 1. The summed E-state index contributed by atoms with van der Waals surface area (Å²) < 4.78 is 1.90. The van der Waals surface area contributed by atoms with Gasteiger partial charge in [-0.25, -0.2) is 0 Å². The molecule has 0 aliphatic carbocycles. The van der Waals surface area contributed by atoms with Crippen LogP contribution in [0.1, 0.15) is 5.82 Å². The van der Waals surface area contributed by atoms with Gasteiger partial charge in [0.1, 0.15) is 5.82 Å². The van der Waals surface area contributed by atoms with Crippen LogP contribution in [0.25, 0.3) is 0 Å². The number of likely N-dealkylation sites (N-methyl/N-ethyl adjacent to an activating group) is 1. The van der Waals surface area contributed by atoms with Crippen LogP contribution in [0.3, 0.4) is 0 Å². The standard InChI is InChI=1S/C11H19N5OS/c1-9-12-13-11(15(9)3)18-8-10(17)16-6-4-14(2)5-7-16/h4-8H2,1-3H3. The molecule has 0 aromatic carbocycles. The lowest BCUT2D eigenvalue weighted by Gasteiger charge is -2.32. The fraction of sp³-hybridized carbons (Fsp3) is 0.727. The van der Waals surface area contributed by atoms with Gasteiger partial charge in [-0.05, 0) is 14.0 Å². The Bertz CT molecular complexity index is 425. The fourth-order valence-electron chi connectivity index (χ4n) is 1.79. The molecule has 0 N–H and O–H groups in total. The molecule has 0 unspecified atom stereocenters. The summed E-state index contributed by atoms with van der Waals surface area (Å²) in [6.45, 7) is 5.47. The largest absolute Gasteiger partial charge is 0.339 e. The van der Waals surface area contributed by atoms with Gasteiger partial charge in [0.25, 0.3) is 0 Å². The SMILES string of the molecule is Cc1nnc(SCC(=O)N2CCN(C)CC2)n1C.